The summed E-state index contributed by atoms with van der Waals surface area (Å²) >= 11 is 0. The van der Waals surface area contributed by atoms with E-state index < -0.39 is 198 Å². The van der Waals surface area contributed by atoms with Gasteiger partial charge in [-0.2, -0.15) is 0 Å². The summed E-state index contributed by atoms with van der Waals surface area (Å²) in [5, 5.41) is 194. The number of aliphatic hydroxyl groups is 18. The van der Waals surface area contributed by atoms with Gasteiger partial charge in [0.2, 0.25) is 0 Å². The number of aliphatic hydroxyl groups excluding tert-OH is 17. The summed E-state index contributed by atoms with van der Waals surface area (Å²) in [5.74, 6) is -0.636. The zero-order valence-electron chi connectivity index (χ0n) is 48.3. The van der Waals surface area contributed by atoms with Crippen molar-refractivity contribution >= 4 is 0 Å². The van der Waals surface area contributed by atoms with Crippen LogP contribution in [0.2, 0.25) is 0 Å². The van der Waals surface area contributed by atoms with Crippen LogP contribution in [0.15, 0.2) is 0 Å². The van der Waals surface area contributed by atoms with E-state index in [1.165, 1.54) is 0 Å². The fourth-order valence-electron chi connectivity index (χ4n) is 16.9. The Morgan fingerprint density at radius 1 is 0.518 bits per heavy atom. The van der Waals surface area contributed by atoms with Crippen molar-refractivity contribution in [3.63, 3.8) is 0 Å². The molecule has 492 valence electrons. The molecule has 0 amide bonds. The van der Waals surface area contributed by atoms with Gasteiger partial charge in [0.15, 0.2) is 37.2 Å². The molecule has 29 heteroatoms. The quantitative estimate of drug-likeness (QED) is 0.0568. The second-order valence-electron chi connectivity index (χ2n) is 26.8. The van der Waals surface area contributed by atoms with E-state index in [-0.39, 0.29) is 53.1 Å². The van der Waals surface area contributed by atoms with Crippen molar-refractivity contribution < 1.29 is 144 Å². The highest BCUT2D eigenvalue weighted by atomic mass is 16.8. The highest BCUT2D eigenvalue weighted by Gasteiger charge is 2.69. The van der Waals surface area contributed by atoms with Gasteiger partial charge in [-0.3, -0.25) is 0 Å². The number of hydrogen-bond acceptors (Lipinski definition) is 29. The van der Waals surface area contributed by atoms with Gasteiger partial charge in [-0.1, -0.05) is 27.7 Å². The lowest BCUT2D eigenvalue weighted by Gasteiger charge is -2.62. The van der Waals surface area contributed by atoms with Crippen molar-refractivity contribution in [3.8, 4) is 0 Å². The summed E-state index contributed by atoms with van der Waals surface area (Å²) in [4.78, 5) is 0. The lowest BCUT2D eigenvalue weighted by molar-refractivity contribution is -0.404. The maximum absolute atomic E-state index is 12.1. The molecule has 0 radical (unpaired) electrons. The third kappa shape index (κ3) is 12.3. The van der Waals surface area contributed by atoms with Crippen molar-refractivity contribution in [1.82, 2.24) is 0 Å². The van der Waals surface area contributed by atoms with Crippen molar-refractivity contribution in [1.29, 1.82) is 0 Å². The fourth-order valence-corrected chi connectivity index (χ4v) is 16.9. The maximum Gasteiger partial charge on any atom is 0.187 e. The van der Waals surface area contributed by atoms with E-state index in [4.69, 9.17) is 52.1 Å². The van der Waals surface area contributed by atoms with Crippen LogP contribution in [-0.4, -0.2) is 303 Å². The molecular formula is C56H94O29. The van der Waals surface area contributed by atoms with Gasteiger partial charge in [0.1, 0.15) is 116 Å². The lowest BCUT2D eigenvalue weighted by Crippen LogP contribution is -2.68. The Hall–Kier alpha value is -1.16. The summed E-state index contributed by atoms with van der Waals surface area (Å²) in [6, 6.07) is 0. The molecule has 10 aliphatic rings. The molecule has 18 N–H and O–H groups in total. The van der Waals surface area contributed by atoms with Crippen molar-refractivity contribution in [2.45, 2.75) is 257 Å². The second-order valence-corrected chi connectivity index (χ2v) is 26.8. The first kappa shape index (κ1) is 66.8. The van der Waals surface area contributed by atoms with Crippen LogP contribution >= 0.6 is 0 Å². The summed E-state index contributed by atoms with van der Waals surface area (Å²) in [6.45, 7) is 4.91. The molecule has 0 bridgehead atoms. The van der Waals surface area contributed by atoms with Gasteiger partial charge in [0, 0.05) is 12.3 Å². The Kier molecular flexibility index (Phi) is 20.8. The zero-order valence-corrected chi connectivity index (χ0v) is 48.3. The SMILES string of the molecule is C[C@H](CC[C@@]1(O)O[C@H]2C[C@H]3[C@@H]4CC[C@H]5C[C@@H](O[C@@H]6O[C@H](CO)[C@H](O[C@@H]7O[C@H](CO)[C@@H](O)[C@H](O[C@@H]8OC[C@@H](O)[C@H](O)[C@H]8O)[C@H]7O[C@@H]7O[C@H](CO)[C@H](O)[C@H](O)[C@H]7O)[C@H](O)[C@H]6O)[C@H](O)C[C@]5(C)[C@H]4CC[C@]3(C)[C@H]2[C@@H]1C)CO[C@@H]1O[C@H](CO)[C@@H](O)[C@H](O)[C@H]1O. The van der Waals surface area contributed by atoms with Gasteiger partial charge in [0.05, 0.1) is 58.0 Å². The van der Waals surface area contributed by atoms with E-state index in [0.29, 0.717) is 37.5 Å². The molecule has 29 nitrogen and oxygen atoms in total. The van der Waals surface area contributed by atoms with Gasteiger partial charge in [-0.05, 0) is 97.7 Å². The molecule has 4 aliphatic carbocycles. The predicted octanol–water partition coefficient (Wildman–Crippen LogP) is -6.52. The van der Waals surface area contributed by atoms with E-state index in [1.54, 1.807) is 0 Å². The van der Waals surface area contributed by atoms with Crippen LogP contribution < -0.4 is 0 Å². The first-order valence-corrected chi connectivity index (χ1v) is 30.4. The van der Waals surface area contributed by atoms with E-state index in [9.17, 15) is 91.9 Å². The normalized spacial score (nSPS) is 55.8. The Morgan fingerprint density at radius 3 is 1.73 bits per heavy atom. The molecule has 0 unspecified atom stereocenters. The minimum absolute atomic E-state index is 0.0808. The molecule has 37 atom stereocenters. The molecule has 0 aromatic heterocycles. The Balaban J connectivity index is 0.771. The zero-order chi connectivity index (χ0) is 61.5. The van der Waals surface area contributed by atoms with Crippen LogP contribution in [0.1, 0.15) is 85.5 Å². The average molecular weight is 1230 g/mol. The predicted molar refractivity (Wildman–Crippen MR) is 280 cm³/mol. The molecule has 0 aromatic carbocycles. The molecule has 6 aliphatic heterocycles. The number of ether oxygens (including phenoxy) is 11. The van der Waals surface area contributed by atoms with Gasteiger partial charge in [-0.15, -0.1) is 0 Å². The van der Waals surface area contributed by atoms with Gasteiger partial charge in [-0.25, -0.2) is 0 Å². The second kappa shape index (κ2) is 26.4. The molecule has 0 aromatic rings. The smallest absolute Gasteiger partial charge is 0.187 e. The largest absolute Gasteiger partial charge is 0.394 e. The average Bonchev–Trinajstić information content (AvgIpc) is 1.73. The maximum atomic E-state index is 12.1. The van der Waals surface area contributed by atoms with Crippen LogP contribution in [0.3, 0.4) is 0 Å². The molecule has 85 heavy (non-hydrogen) atoms. The topological polar surface area (TPSA) is 466 Å². The summed E-state index contributed by atoms with van der Waals surface area (Å²) in [6.07, 6.45) is -37.5. The standard InChI is InChI=1S/C56H94O29/c1-20(18-75-49-43(71)39(67)36(64)30(14-57)78-49)7-10-56(74)21(2)34-29(85-56)12-25-23-6-5-22-11-28(26(61)13-55(22,4)24(23)8-9-54(25,34)3)77-51-45(73)41(69)46(33(17-60)81-51)82-53-48(84-52-44(72)40(68)37(65)31(15-58)79-52)47(38(66)32(16-59)80-53)83-50-42(70)35(63)27(62)19-76-50/h20-53,57-74H,5-19H2,1-4H3/t20-,21+,22+,23-,24+,25+,26-,27-,28-,29+,30-,31-,32-,33-,34+,35+,36-,37+,38-,39+,40+,41-,42-,43-,44-,45-,46+,47+,48-,49-,50+,51-,52+,53+,54+,55+,56-/m1/s1. The Bertz CT molecular complexity index is 2170. The minimum Gasteiger partial charge on any atom is -0.394 e. The molecule has 6 saturated heterocycles. The van der Waals surface area contributed by atoms with Crippen LogP contribution in [0.4, 0.5) is 0 Å². The van der Waals surface area contributed by atoms with Gasteiger partial charge in [0.25, 0.3) is 0 Å². The van der Waals surface area contributed by atoms with Crippen LogP contribution in [0.5, 0.6) is 0 Å². The van der Waals surface area contributed by atoms with E-state index in [0.717, 1.165) is 32.1 Å². The Labute approximate surface area is 491 Å². The molecule has 10 rings (SSSR count). The van der Waals surface area contributed by atoms with Crippen LogP contribution in [0, 0.1) is 52.3 Å². The summed E-state index contributed by atoms with van der Waals surface area (Å²) in [5.41, 5.74) is -0.434. The first-order chi connectivity index (χ1) is 40.2. The van der Waals surface area contributed by atoms with Crippen molar-refractivity contribution in [2.24, 2.45) is 52.3 Å². The number of hydrogen-bond donors (Lipinski definition) is 18. The molecular weight excluding hydrogens is 1140 g/mol. The number of rotatable bonds is 18. The minimum atomic E-state index is -2.05. The monoisotopic (exact) mass is 1230 g/mol. The molecule has 6 heterocycles. The van der Waals surface area contributed by atoms with Crippen molar-refractivity contribution in [3.05, 3.63) is 0 Å². The van der Waals surface area contributed by atoms with Crippen LogP contribution in [0.25, 0.3) is 0 Å². The highest BCUT2D eigenvalue weighted by Crippen LogP contribution is 2.71. The van der Waals surface area contributed by atoms with E-state index in [2.05, 4.69) is 20.8 Å². The third-order valence-electron chi connectivity index (χ3n) is 21.8. The van der Waals surface area contributed by atoms with E-state index >= 15 is 0 Å². The van der Waals surface area contributed by atoms with E-state index in [1.807, 2.05) is 6.92 Å². The highest BCUT2D eigenvalue weighted by molar-refractivity contribution is 5.16. The van der Waals surface area contributed by atoms with Gasteiger partial charge >= 0.3 is 0 Å². The summed E-state index contributed by atoms with van der Waals surface area (Å²) in [7, 11) is 0. The van der Waals surface area contributed by atoms with Crippen LogP contribution in [-0.2, 0) is 52.1 Å². The fraction of sp³-hybridized carbons (Fsp3) is 1.00. The third-order valence-corrected chi connectivity index (χ3v) is 21.8. The Morgan fingerprint density at radius 2 is 1.07 bits per heavy atom. The number of fused-ring (bicyclic) bond motifs is 7. The molecule has 10 fully saturated rings. The molecule has 0 spiro atoms. The van der Waals surface area contributed by atoms with Gasteiger partial charge < -0.3 is 144 Å². The lowest BCUT2D eigenvalue weighted by atomic mass is 9.44. The molecule has 4 saturated carbocycles. The van der Waals surface area contributed by atoms with Crippen molar-refractivity contribution in [2.75, 3.05) is 39.6 Å². The first-order valence-electron chi connectivity index (χ1n) is 30.4. The summed E-state index contributed by atoms with van der Waals surface area (Å²) < 4.78 is 65.5.